The molecule has 1 aliphatic carbocycles. The third-order valence-electron chi connectivity index (χ3n) is 7.43. The van der Waals surface area contributed by atoms with E-state index in [1.165, 1.54) is 16.3 Å². The van der Waals surface area contributed by atoms with Gasteiger partial charge in [0.25, 0.3) is 10.0 Å². The maximum Gasteiger partial charge on any atom is 0.261 e. The first-order valence-electron chi connectivity index (χ1n) is 12.1. The van der Waals surface area contributed by atoms with Crippen LogP contribution in [0.5, 0.6) is 0 Å². The zero-order valence-corrected chi connectivity index (χ0v) is 20.6. The minimum absolute atomic E-state index is 0.157. The van der Waals surface area contributed by atoms with Gasteiger partial charge in [-0.25, -0.2) is 8.42 Å². The van der Waals surface area contributed by atoms with Gasteiger partial charge in [0.2, 0.25) is 0 Å². The number of benzene rings is 4. The van der Waals surface area contributed by atoms with E-state index in [1.54, 1.807) is 6.07 Å². The van der Waals surface area contributed by atoms with Crippen LogP contribution in [0, 0.1) is 19.8 Å². The maximum absolute atomic E-state index is 13.3. The lowest BCUT2D eigenvalue weighted by atomic mass is 9.76. The van der Waals surface area contributed by atoms with Gasteiger partial charge in [-0.3, -0.25) is 4.72 Å². The van der Waals surface area contributed by atoms with Crippen molar-refractivity contribution in [1.29, 1.82) is 0 Å². The Bertz CT molecular complexity index is 1580. The summed E-state index contributed by atoms with van der Waals surface area (Å²) in [6.45, 7) is 3.92. The van der Waals surface area contributed by atoms with Crippen LogP contribution in [-0.4, -0.2) is 8.42 Å². The predicted octanol–water partition coefficient (Wildman–Crippen LogP) is 7.08. The number of hydrogen-bond acceptors (Lipinski definition) is 3. The highest BCUT2D eigenvalue weighted by molar-refractivity contribution is 7.92. The van der Waals surface area contributed by atoms with Gasteiger partial charge in [-0.05, 0) is 77.9 Å². The van der Waals surface area contributed by atoms with E-state index in [1.807, 2.05) is 44.2 Å². The molecule has 5 heteroatoms. The fraction of sp³-hybridized carbons (Fsp3) is 0.200. The van der Waals surface area contributed by atoms with Crippen molar-refractivity contribution in [3.8, 4) is 0 Å². The molecule has 3 atom stereocenters. The van der Waals surface area contributed by atoms with Crippen LogP contribution in [0.15, 0.2) is 95.9 Å². The Balaban J connectivity index is 1.38. The molecule has 4 aromatic carbocycles. The van der Waals surface area contributed by atoms with Gasteiger partial charge in [-0.2, -0.15) is 0 Å². The molecule has 0 amide bonds. The molecule has 0 radical (unpaired) electrons. The van der Waals surface area contributed by atoms with Gasteiger partial charge in [-0.1, -0.05) is 72.3 Å². The zero-order chi connectivity index (χ0) is 24.2. The summed E-state index contributed by atoms with van der Waals surface area (Å²) in [5.41, 5.74) is 5.96. The number of aryl methyl sites for hydroxylation is 2. The summed E-state index contributed by atoms with van der Waals surface area (Å²) >= 11 is 0. The molecule has 0 bridgehead atoms. The summed E-state index contributed by atoms with van der Waals surface area (Å²) < 4.78 is 29.4. The molecule has 6 rings (SSSR count). The maximum atomic E-state index is 13.3. The summed E-state index contributed by atoms with van der Waals surface area (Å²) in [5, 5.41) is 6.26. The molecule has 0 aromatic heterocycles. The van der Waals surface area contributed by atoms with E-state index in [0.29, 0.717) is 16.5 Å². The van der Waals surface area contributed by atoms with Crippen molar-refractivity contribution in [1.82, 2.24) is 0 Å². The number of hydrogen-bond donors (Lipinski definition) is 2. The van der Waals surface area contributed by atoms with Crippen LogP contribution in [0.2, 0.25) is 0 Å². The molecule has 4 aromatic rings. The highest BCUT2D eigenvalue weighted by atomic mass is 32.2. The van der Waals surface area contributed by atoms with Crippen LogP contribution in [0.3, 0.4) is 0 Å². The minimum atomic E-state index is -3.71. The van der Waals surface area contributed by atoms with Gasteiger partial charge >= 0.3 is 0 Å². The van der Waals surface area contributed by atoms with E-state index >= 15 is 0 Å². The van der Waals surface area contributed by atoms with Gasteiger partial charge in [-0.15, -0.1) is 0 Å². The predicted molar refractivity (Wildman–Crippen MR) is 143 cm³/mol. The van der Waals surface area contributed by atoms with Crippen LogP contribution in [0.25, 0.3) is 10.8 Å². The van der Waals surface area contributed by atoms with E-state index in [0.717, 1.165) is 28.8 Å². The Labute approximate surface area is 206 Å². The molecule has 0 spiro atoms. The zero-order valence-electron chi connectivity index (χ0n) is 19.8. The lowest BCUT2D eigenvalue weighted by Crippen LogP contribution is -2.29. The molecule has 0 saturated heterocycles. The summed E-state index contributed by atoms with van der Waals surface area (Å²) in [7, 11) is -3.71. The third kappa shape index (κ3) is 3.80. The highest BCUT2D eigenvalue weighted by Crippen LogP contribution is 2.51. The molecule has 1 heterocycles. The van der Waals surface area contributed by atoms with E-state index in [9.17, 15) is 8.42 Å². The monoisotopic (exact) mass is 480 g/mol. The van der Waals surface area contributed by atoms with Gasteiger partial charge in [0.05, 0.1) is 16.6 Å². The normalized spacial score (nSPS) is 20.8. The highest BCUT2D eigenvalue weighted by Gasteiger charge is 2.39. The fourth-order valence-corrected chi connectivity index (χ4v) is 6.87. The Kier molecular flexibility index (Phi) is 5.19. The average molecular weight is 481 g/mol. The van der Waals surface area contributed by atoms with Crippen LogP contribution in [-0.2, 0) is 10.0 Å². The molecular formula is C30H28N2O2S. The van der Waals surface area contributed by atoms with Crippen molar-refractivity contribution in [2.24, 2.45) is 5.92 Å². The van der Waals surface area contributed by atoms with Crippen molar-refractivity contribution in [2.75, 3.05) is 10.0 Å². The van der Waals surface area contributed by atoms with Crippen molar-refractivity contribution in [3.05, 3.63) is 113 Å². The van der Waals surface area contributed by atoms with Crippen LogP contribution in [0.1, 0.15) is 40.6 Å². The van der Waals surface area contributed by atoms with Crippen molar-refractivity contribution in [2.45, 2.75) is 37.1 Å². The Morgan fingerprint density at radius 2 is 1.71 bits per heavy atom. The van der Waals surface area contributed by atoms with E-state index in [-0.39, 0.29) is 12.0 Å². The van der Waals surface area contributed by atoms with E-state index in [2.05, 4.69) is 64.7 Å². The Morgan fingerprint density at radius 3 is 2.57 bits per heavy atom. The number of fused-ring (bicyclic) bond motifs is 4. The molecule has 4 nitrogen and oxygen atoms in total. The second-order valence-corrected chi connectivity index (χ2v) is 11.4. The molecule has 0 saturated carbocycles. The topological polar surface area (TPSA) is 58.2 Å². The van der Waals surface area contributed by atoms with Crippen molar-refractivity contribution in [3.63, 3.8) is 0 Å². The summed E-state index contributed by atoms with van der Waals surface area (Å²) in [5.74, 6) is 0.505. The quantitative estimate of drug-likeness (QED) is 0.307. The first-order valence-corrected chi connectivity index (χ1v) is 13.5. The lowest BCUT2D eigenvalue weighted by molar-refractivity contribution is 0.427. The second kappa shape index (κ2) is 8.28. The Hall–Kier alpha value is -3.57. The summed E-state index contributed by atoms with van der Waals surface area (Å²) in [4.78, 5) is 0.292. The van der Waals surface area contributed by atoms with Gasteiger partial charge < -0.3 is 5.32 Å². The molecule has 2 N–H and O–H groups in total. The fourth-order valence-electron chi connectivity index (χ4n) is 5.70. The van der Waals surface area contributed by atoms with Crippen molar-refractivity contribution < 1.29 is 8.42 Å². The molecule has 176 valence electrons. The number of allylic oxidation sites excluding steroid dienone is 2. The van der Waals surface area contributed by atoms with Crippen LogP contribution < -0.4 is 10.0 Å². The van der Waals surface area contributed by atoms with Gasteiger partial charge in [0.1, 0.15) is 0 Å². The van der Waals surface area contributed by atoms with Gasteiger partial charge in [0.15, 0.2) is 0 Å². The summed E-state index contributed by atoms with van der Waals surface area (Å²) in [6.07, 6.45) is 5.44. The molecule has 3 unspecified atom stereocenters. The smallest absolute Gasteiger partial charge is 0.261 e. The van der Waals surface area contributed by atoms with Crippen LogP contribution >= 0.6 is 0 Å². The summed E-state index contributed by atoms with van der Waals surface area (Å²) in [6, 6.07) is 26.4. The first-order chi connectivity index (χ1) is 16.9. The molecule has 0 fully saturated rings. The number of nitrogens with one attached hydrogen (secondary N) is 2. The third-order valence-corrected chi connectivity index (χ3v) is 8.79. The average Bonchev–Trinajstić information content (AvgIpc) is 3.35. The molecule has 35 heavy (non-hydrogen) atoms. The van der Waals surface area contributed by atoms with E-state index < -0.39 is 10.0 Å². The minimum Gasteiger partial charge on any atom is -0.378 e. The van der Waals surface area contributed by atoms with Gasteiger partial charge in [0, 0.05) is 11.6 Å². The SMILES string of the molecule is Cc1ccc(NS(=O)(=O)c2ccc3c(c2)C2C=CCC2C(c2cccc4ccccc24)N3)c(C)c1. The van der Waals surface area contributed by atoms with E-state index in [4.69, 9.17) is 0 Å². The molecule has 1 aliphatic heterocycles. The van der Waals surface area contributed by atoms with Crippen LogP contribution in [0.4, 0.5) is 11.4 Å². The Morgan fingerprint density at radius 1 is 0.886 bits per heavy atom. The standard InChI is InChI=1S/C30H28N2O2S/c1-19-13-15-28(20(2)17-19)32-35(33,34)22-14-16-29-27(18-22)24-10-6-12-26(24)30(31-29)25-11-5-8-21-7-3-4-9-23(21)25/h3-11,13-18,24,26,30-32H,12H2,1-2H3. The molecular weight excluding hydrogens is 452 g/mol. The number of anilines is 2. The first kappa shape index (κ1) is 21.9. The number of sulfonamides is 1. The molecule has 2 aliphatic rings. The number of rotatable bonds is 4. The van der Waals surface area contributed by atoms with Crippen molar-refractivity contribution >= 4 is 32.2 Å². The largest absolute Gasteiger partial charge is 0.378 e. The lowest BCUT2D eigenvalue weighted by Gasteiger charge is -2.38. The second-order valence-electron chi connectivity index (χ2n) is 9.72.